The SMILES string of the molecule is CCCC1=CCC2(C(C)c3ccccc3)N(Cc3ccccc3)C(=O)OC2(OC)O1. The zero-order valence-electron chi connectivity index (χ0n) is 17.8. The van der Waals surface area contributed by atoms with Gasteiger partial charge in [0, 0.05) is 25.9 Å². The number of rotatable bonds is 7. The molecule has 3 unspecified atom stereocenters. The maximum absolute atomic E-state index is 13.2. The van der Waals surface area contributed by atoms with Gasteiger partial charge in [-0.1, -0.05) is 74.5 Å². The van der Waals surface area contributed by atoms with Gasteiger partial charge in [-0.15, -0.1) is 0 Å². The number of ether oxygens (including phenoxy) is 3. The molecule has 5 heteroatoms. The summed E-state index contributed by atoms with van der Waals surface area (Å²) in [6.07, 6.45) is 3.98. The Kier molecular flexibility index (Phi) is 5.56. The van der Waals surface area contributed by atoms with Crippen molar-refractivity contribution in [2.24, 2.45) is 0 Å². The summed E-state index contributed by atoms with van der Waals surface area (Å²) in [6, 6.07) is 20.1. The molecule has 2 aliphatic rings. The largest absolute Gasteiger partial charge is 0.433 e. The molecule has 0 saturated carbocycles. The molecular weight excluding hydrogens is 378 g/mol. The van der Waals surface area contributed by atoms with Gasteiger partial charge in [0.2, 0.25) is 0 Å². The molecule has 2 heterocycles. The number of allylic oxidation sites excluding steroid dienone is 1. The van der Waals surface area contributed by atoms with Crippen molar-refractivity contribution in [2.45, 2.75) is 57.1 Å². The van der Waals surface area contributed by atoms with E-state index in [2.05, 4.69) is 32.1 Å². The Balaban J connectivity index is 1.84. The van der Waals surface area contributed by atoms with E-state index >= 15 is 0 Å². The molecule has 0 spiro atoms. The Morgan fingerprint density at radius 1 is 1.07 bits per heavy atom. The summed E-state index contributed by atoms with van der Waals surface area (Å²) in [5, 5.41) is 0. The molecule has 3 atom stereocenters. The van der Waals surface area contributed by atoms with Crippen molar-refractivity contribution in [2.75, 3.05) is 7.11 Å². The molecule has 1 amide bonds. The van der Waals surface area contributed by atoms with Gasteiger partial charge in [-0.05, 0) is 23.6 Å². The number of carbonyl (C=O) groups is 1. The highest BCUT2D eigenvalue weighted by Crippen LogP contribution is 2.55. The van der Waals surface area contributed by atoms with Crippen molar-refractivity contribution in [3.05, 3.63) is 83.6 Å². The summed E-state index contributed by atoms with van der Waals surface area (Å²) in [5.74, 6) is -0.772. The van der Waals surface area contributed by atoms with Crippen LogP contribution in [0.1, 0.15) is 50.2 Å². The number of methoxy groups -OCH3 is 1. The first-order valence-electron chi connectivity index (χ1n) is 10.6. The third-order valence-corrected chi connectivity index (χ3v) is 6.32. The number of fused-ring (bicyclic) bond motifs is 1. The van der Waals surface area contributed by atoms with Gasteiger partial charge in [0.25, 0.3) is 0 Å². The zero-order valence-corrected chi connectivity index (χ0v) is 17.8. The summed E-state index contributed by atoms with van der Waals surface area (Å²) in [4.78, 5) is 15.0. The number of carbonyl (C=O) groups excluding carboxylic acids is 1. The van der Waals surface area contributed by atoms with Crippen molar-refractivity contribution in [1.82, 2.24) is 4.90 Å². The van der Waals surface area contributed by atoms with E-state index in [4.69, 9.17) is 14.2 Å². The maximum Gasteiger partial charge on any atom is 0.416 e. The van der Waals surface area contributed by atoms with E-state index < -0.39 is 17.6 Å². The van der Waals surface area contributed by atoms with Gasteiger partial charge in [0.1, 0.15) is 0 Å². The highest BCUT2D eigenvalue weighted by atomic mass is 16.9. The van der Waals surface area contributed by atoms with Gasteiger partial charge >= 0.3 is 12.1 Å². The molecule has 30 heavy (non-hydrogen) atoms. The van der Waals surface area contributed by atoms with Crippen LogP contribution in [0.5, 0.6) is 0 Å². The topological polar surface area (TPSA) is 48.0 Å². The van der Waals surface area contributed by atoms with Crippen LogP contribution < -0.4 is 0 Å². The van der Waals surface area contributed by atoms with Gasteiger partial charge in [-0.25, -0.2) is 4.79 Å². The van der Waals surface area contributed by atoms with Gasteiger partial charge in [0.15, 0.2) is 5.54 Å². The van der Waals surface area contributed by atoms with Crippen molar-refractivity contribution in [1.29, 1.82) is 0 Å². The summed E-state index contributed by atoms with van der Waals surface area (Å²) >= 11 is 0. The summed E-state index contributed by atoms with van der Waals surface area (Å²) in [7, 11) is 1.56. The second-order valence-electron chi connectivity index (χ2n) is 7.98. The minimum Gasteiger partial charge on any atom is -0.433 e. The van der Waals surface area contributed by atoms with Crippen molar-refractivity contribution in [3.63, 3.8) is 0 Å². The molecule has 4 rings (SSSR count). The second-order valence-corrected chi connectivity index (χ2v) is 7.98. The van der Waals surface area contributed by atoms with E-state index in [-0.39, 0.29) is 5.92 Å². The lowest BCUT2D eigenvalue weighted by Gasteiger charge is -2.49. The first-order chi connectivity index (χ1) is 14.6. The first-order valence-corrected chi connectivity index (χ1v) is 10.6. The average molecular weight is 408 g/mol. The van der Waals surface area contributed by atoms with Crippen LogP contribution in [0.2, 0.25) is 0 Å². The van der Waals surface area contributed by atoms with E-state index in [0.717, 1.165) is 29.7 Å². The molecule has 0 bridgehead atoms. The maximum atomic E-state index is 13.2. The van der Waals surface area contributed by atoms with E-state index in [9.17, 15) is 4.79 Å². The predicted molar refractivity (Wildman–Crippen MR) is 114 cm³/mol. The number of hydrogen-bond acceptors (Lipinski definition) is 4. The molecular formula is C25H29NO4. The van der Waals surface area contributed by atoms with Crippen LogP contribution in [0.15, 0.2) is 72.5 Å². The van der Waals surface area contributed by atoms with E-state index in [1.54, 1.807) is 12.0 Å². The number of benzene rings is 2. The van der Waals surface area contributed by atoms with Gasteiger partial charge in [0.05, 0.1) is 12.3 Å². The molecule has 158 valence electrons. The van der Waals surface area contributed by atoms with Crippen LogP contribution in [-0.2, 0) is 20.8 Å². The highest BCUT2D eigenvalue weighted by Gasteiger charge is 2.72. The number of amides is 1. The molecule has 0 aliphatic carbocycles. The van der Waals surface area contributed by atoms with Crippen molar-refractivity contribution >= 4 is 6.09 Å². The third-order valence-electron chi connectivity index (χ3n) is 6.32. The minimum atomic E-state index is -1.49. The molecule has 1 saturated heterocycles. The van der Waals surface area contributed by atoms with Crippen molar-refractivity contribution in [3.8, 4) is 0 Å². The van der Waals surface area contributed by atoms with Crippen LogP contribution in [-0.4, -0.2) is 29.6 Å². The standard InChI is InChI=1S/C25H29NO4/c1-4-11-22-16-17-24(19(2)21-14-9-6-10-15-21)25(28-3,29-22)30-23(27)26(24)18-20-12-7-5-8-13-20/h5-10,12-16,19H,4,11,17-18H2,1-3H3. The minimum absolute atomic E-state index is 0.0896. The van der Waals surface area contributed by atoms with Gasteiger partial charge < -0.3 is 14.2 Å². The summed E-state index contributed by atoms with van der Waals surface area (Å²) < 4.78 is 18.2. The molecule has 1 fully saturated rings. The molecule has 2 aromatic carbocycles. The van der Waals surface area contributed by atoms with Crippen LogP contribution in [0.25, 0.3) is 0 Å². The number of hydrogen-bond donors (Lipinski definition) is 0. The molecule has 2 aliphatic heterocycles. The van der Waals surface area contributed by atoms with E-state index in [0.29, 0.717) is 13.0 Å². The first kappa shape index (κ1) is 20.5. The lowest BCUT2D eigenvalue weighted by molar-refractivity contribution is -0.361. The lowest BCUT2D eigenvalue weighted by Crippen LogP contribution is -2.64. The fourth-order valence-corrected chi connectivity index (χ4v) is 4.74. The summed E-state index contributed by atoms with van der Waals surface area (Å²) in [6.45, 7) is 4.63. The Bertz CT molecular complexity index is 913. The second kappa shape index (κ2) is 8.15. The molecule has 0 aromatic heterocycles. The third kappa shape index (κ3) is 3.18. The summed E-state index contributed by atoms with van der Waals surface area (Å²) in [5.41, 5.74) is 1.29. The Hall–Kier alpha value is -2.79. The normalized spacial score (nSPS) is 26.4. The Morgan fingerprint density at radius 3 is 2.37 bits per heavy atom. The molecule has 0 N–H and O–H groups in total. The molecule has 5 nitrogen and oxygen atoms in total. The van der Waals surface area contributed by atoms with Crippen LogP contribution in [0.4, 0.5) is 4.79 Å². The van der Waals surface area contributed by atoms with Crippen molar-refractivity contribution < 1.29 is 19.0 Å². The molecule has 2 aromatic rings. The lowest BCUT2D eigenvalue weighted by atomic mass is 9.73. The molecule has 0 radical (unpaired) electrons. The Morgan fingerprint density at radius 2 is 1.73 bits per heavy atom. The monoisotopic (exact) mass is 407 g/mol. The van der Waals surface area contributed by atoms with Crippen LogP contribution in [0, 0.1) is 0 Å². The Labute approximate surface area is 178 Å². The van der Waals surface area contributed by atoms with E-state index in [1.807, 2.05) is 48.5 Å². The number of nitrogens with zero attached hydrogens (tertiary/aromatic N) is 1. The fraction of sp³-hybridized carbons (Fsp3) is 0.400. The smallest absolute Gasteiger partial charge is 0.416 e. The average Bonchev–Trinajstić information content (AvgIpc) is 3.03. The zero-order chi connectivity index (χ0) is 21.2. The van der Waals surface area contributed by atoms with Crippen LogP contribution >= 0.6 is 0 Å². The fourth-order valence-electron chi connectivity index (χ4n) is 4.74. The quantitative estimate of drug-likeness (QED) is 0.601. The highest BCUT2D eigenvalue weighted by molar-refractivity contribution is 5.73. The predicted octanol–water partition coefficient (Wildman–Crippen LogP) is 5.59. The van der Waals surface area contributed by atoms with Gasteiger partial charge in [-0.2, -0.15) is 0 Å². The van der Waals surface area contributed by atoms with E-state index in [1.165, 1.54) is 0 Å². The van der Waals surface area contributed by atoms with Gasteiger partial charge in [-0.3, -0.25) is 4.90 Å². The van der Waals surface area contributed by atoms with Crippen LogP contribution in [0.3, 0.4) is 0 Å².